The second-order valence-electron chi connectivity index (χ2n) is 7.23. The number of rotatable bonds is 6. The number of likely N-dealkylation sites (tertiary alicyclic amines) is 1. The third kappa shape index (κ3) is 3.50. The summed E-state index contributed by atoms with van der Waals surface area (Å²) in [6.45, 7) is 10.5. The maximum absolute atomic E-state index is 5.99. The first-order chi connectivity index (χ1) is 9.24. The molecule has 1 saturated carbocycles. The first-order valence-corrected chi connectivity index (χ1v) is 8.30. The van der Waals surface area contributed by atoms with Crippen LogP contribution in [0.2, 0.25) is 0 Å². The molecule has 3 aliphatic rings. The molecule has 0 radical (unpaired) electrons. The molecule has 1 N–H and O–H groups in total. The minimum Gasteiger partial charge on any atom is -0.376 e. The van der Waals surface area contributed by atoms with Gasteiger partial charge in [-0.15, -0.1) is 0 Å². The lowest BCUT2D eigenvalue weighted by Gasteiger charge is -2.28. The van der Waals surface area contributed by atoms with E-state index in [-0.39, 0.29) is 0 Å². The highest BCUT2D eigenvalue weighted by atomic mass is 16.5. The summed E-state index contributed by atoms with van der Waals surface area (Å²) in [5.74, 6) is 2.52. The van der Waals surface area contributed by atoms with Crippen LogP contribution in [-0.2, 0) is 4.74 Å². The molecule has 0 bridgehead atoms. The van der Waals surface area contributed by atoms with Gasteiger partial charge in [-0.3, -0.25) is 4.90 Å². The van der Waals surface area contributed by atoms with Gasteiger partial charge in [-0.1, -0.05) is 13.8 Å². The van der Waals surface area contributed by atoms with Crippen molar-refractivity contribution < 1.29 is 4.74 Å². The van der Waals surface area contributed by atoms with Crippen LogP contribution in [0.5, 0.6) is 0 Å². The molecule has 0 aromatic carbocycles. The molecule has 2 saturated heterocycles. The molecular weight excluding hydrogens is 236 g/mol. The molecule has 3 atom stereocenters. The lowest BCUT2D eigenvalue weighted by Crippen LogP contribution is -2.41. The molecule has 3 heteroatoms. The summed E-state index contributed by atoms with van der Waals surface area (Å²) in [7, 11) is 0. The Bertz CT molecular complexity index is 290. The maximum Gasteiger partial charge on any atom is 0.0759 e. The molecule has 2 aliphatic heterocycles. The van der Waals surface area contributed by atoms with E-state index >= 15 is 0 Å². The zero-order valence-electron chi connectivity index (χ0n) is 12.6. The van der Waals surface area contributed by atoms with Gasteiger partial charge < -0.3 is 10.1 Å². The van der Waals surface area contributed by atoms with Crippen molar-refractivity contribution in [2.75, 3.05) is 32.8 Å². The van der Waals surface area contributed by atoms with Gasteiger partial charge in [-0.05, 0) is 63.1 Å². The van der Waals surface area contributed by atoms with Gasteiger partial charge in [0.15, 0.2) is 0 Å². The Morgan fingerprint density at radius 2 is 2.05 bits per heavy atom. The summed E-state index contributed by atoms with van der Waals surface area (Å²) in [5, 5.41) is 3.63. The highest BCUT2D eigenvalue weighted by Crippen LogP contribution is 2.41. The SMILES string of the molecule is CC(C)CNCC1CCN(C2CCOC2C2CC2)C1. The number of nitrogens with one attached hydrogen (secondary N) is 1. The van der Waals surface area contributed by atoms with Gasteiger partial charge >= 0.3 is 0 Å². The third-order valence-corrected chi connectivity index (χ3v) is 4.96. The monoisotopic (exact) mass is 266 g/mol. The van der Waals surface area contributed by atoms with E-state index in [1.807, 2.05) is 0 Å². The van der Waals surface area contributed by atoms with Crippen molar-refractivity contribution in [3.8, 4) is 0 Å². The van der Waals surface area contributed by atoms with Crippen molar-refractivity contribution >= 4 is 0 Å². The Morgan fingerprint density at radius 1 is 1.21 bits per heavy atom. The minimum atomic E-state index is 0.572. The van der Waals surface area contributed by atoms with Crippen LogP contribution in [0.4, 0.5) is 0 Å². The van der Waals surface area contributed by atoms with Gasteiger partial charge in [-0.2, -0.15) is 0 Å². The second-order valence-corrected chi connectivity index (χ2v) is 7.23. The standard InChI is InChI=1S/C16H30N2O/c1-12(2)9-17-10-13-5-7-18(11-13)15-6-8-19-16(15)14-3-4-14/h12-17H,3-11H2,1-2H3. The summed E-state index contributed by atoms with van der Waals surface area (Å²) in [5.41, 5.74) is 0. The average molecular weight is 266 g/mol. The summed E-state index contributed by atoms with van der Waals surface area (Å²) in [6, 6.07) is 0.739. The minimum absolute atomic E-state index is 0.572. The van der Waals surface area contributed by atoms with Crippen LogP contribution in [0.25, 0.3) is 0 Å². The van der Waals surface area contributed by atoms with Crippen molar-refractivity contribution in [3.05, 3.63) is 0 Å². The number of hydrogen-bond acceptors (Lipinski definition) is 3. The van der Waals surface area contributed by atoms with E-state index in [1.165, 1.54) is 45.3 Å². The van der Waals surface area contributed by atoms with E-state index < -0.39 is 0 Å². The number of ether oxygens (including phenoxy) is 1. The third-order valence-electron chi connectivity index (χ3n) is 4.96. The smallest absolute Gasteiger partial charge is 0.0759 e. The van der Waals surface area contributed by atoms with E-state index in [9.17, 15) is 0 Å². The number of hydrogen-bond donors (Lipinski definition) is 1. The first kappa shape index (κ1) is 13.8. The Hall–Kier alpha value is -0.120. The largest absolute Gasteiger partial charge is 0.376 e. The van der Waals surface area contributed by atoms with Crippen LogP contribution >= 0.6 is 0 Å². The van der Waals surface area contributed by atoms with Gasteiger partial charge in [0.2, 0.25) is 0 Å². The van der Waals surface area contributed by atoms with Crippen LogP contribution < -0.4 is 5.32 Å². The molecule has 1 aliphatic carbocycles. The van der Waals surface area contributed by atoms with Gasteiger partial charge in [0.25, 0.3) is 0 Å². The average Bonchev–Trinajstić information content (AvgIpc) is 2.92. The highest BCUT2D eigenvalue weighted by molar-refractivity contribution is 4.96. The molecule has 110 valence electrons. The Kier molecular flexibility index (Phi) is 4.45. The van der Waals surface area contributed by atoms with Crippen molar-refractivity contribution in [1.29, 1.82) is 0 Å². The maximum atomic E-state index is 5.99. The van der Waals surface area contributed by atoms with E-state index in [2.05, 4.69) is 24.1 Å². The molecule has 0 aromatic rings. The Balaban J connectivity index is 1.43. The van der Waals surface area contributed by atoms with Gasteiger partial charge in [0, 0.05) is 19.2 Å². The number of nitrogens with zero attached hydrogens (tertiary/aromatic N) is 1. The van der Waals surface area contributed by atoms with Crippen LogP contribution in [0.15, 0.2) is 0 Å². The fourth-order valence-electron chi connectivity index (χ4n) is 3.77. The fraction of sp³-hybridized carbons (Fsp3) is 1.00. The van der Waals surface area contributed by atoms with E-state index in [4.69, 9.17) is 4.74 Å². The predicted octanol–water partition coefficient (Wildman–Crippen LogP) is 2.12. The topological polar surface area (TPSA) is 24.5 Å². The lowest BCUT2D eigenvalue weighted by atomic mass is 10.0. The normalized spacial score (nSPS) is 36.5. The Labute approximate surface area is 118 Å². The Morgan fingerprint density at radius 3 is 2.79 bits per heavy atom. The first-order valence-electron chi connectivity index (χ1n) is 8.30. The van der Waals surface area contributed by atoms with Crippen LogP contribution in [0.1, 0.15) is 39.5 Å². The molecule has 0 spiro atoms. The van der Waals surface area contributed by atoms with Gasteiger partial charge in [0.05, 0.1) is 6.10 Å². The fourth-order valence-corrected chi connectivity index (χ4v) is 3.77. The molecule has 3 nitrogen and oxygen atoms in total. The summed E-state index contributed by atoms with van der Waals surface area (Å²) >= 11 is 0. The zero-order valence-corrected chi connectivity index (χ0v) is 12.6. The molecule has 3 rings (SSSR count). The molecular formula is C16H30N2O. The van der Waals surface area contributed by atoms with Crippen molar-refractivity contribution in [2.45, 2.75) is 51.7 Å². The molecule has 0 aromatic heterocycles. The summed E-state index contributed by atoms with van der Waals surface area (Å²) in [6.07, 6.45) is 6.04. The van der Waals surface area contributed by atoms with Gasteiger partial charge in [0.1, 0.15) is 0 Å². The summed E-state index contributed by atoms with van der Waals surface area (Å²) < 4.78 is 5.99. The van der Waals surface area contributed by atoms with Gasteiger partial charge in [-0.25, -0.2) is 0 Å². The van der Waals surface area contributed by atoms with E-state index in [0.29, 0.717) is 6.10 Å². The highest BCUT2D eigenvalue weighted by Gasteiger charge is 2.44. The molecule has 3 fully saturated rings. The van der Waals surface area contributed by atoms with Crippen molar-refractivity contribution in [3.63, 3.8) is 0 Å². The zero-order chi connectivity index (χ0) is 13.2. The summed E-state index contributed by atoms with van der Waals surface area (Å²) in [4.78, 5) is 2.73. The lowest BCUT2D eigenvalue weighted by molar-refractivity contribution is 0.0520. The van der Waals surface area contributed by atoms with Crippen LogP contribution in [0.3, 0.4) is 0 Å². The predicted molar refractivity (Wildman–Crippen MR) is 78.3 cm³/mol. The van der Waals surface area contributed by atoms with E-state index in [0.717, 1.165) is 36.9 Å². The molecule has 3 unspecified atom stereocenters. The van der Waals surface area contributed by atoms with Crippen LogP contribution in [-0.4, -0.2) is 49.8 Å². The quantitative estimate of drug-likeness (QED) is 0.797. The van der Waals surface area contributed by atoms with E-state index in [1.54, 1.807) is 0 Å². The molecule has 2 heterocycles. The van der Waals surface area contributed by atoms with Crippen LogP contribution in [0, 0.1) is 17.8 Å². The van der Waals surface area contributed by atoms with Crippen molar-refractivity contribution in [1.82, 2.24) is 10.2 Å². The molecule has 19 heavy (non-hydrogen) atoms. The molecule has 0 amide bonds. The second kappa shape index (κ2) is 6.11. The van der Waals surface area contributed by atoms with Crippen molar-refractivity contribution in [2.24, 2.45) is 17.8 Å².